The molecule has 0 spiro atoms. The SMILES string of the molecule is CCc1ccc2c3c(C(N)=O)cccc3n(Cc3cccc(F)c3F)c2c1. The maximum Gasteiger partial charge on any atom is 0.249 e. The van der Waals surface area contributed by atoms with Crippen LogP contribution >= 0.6 is 0 Å². The molecule has 27 heavy (non-hydrogen) atoms. The van der Waals surface area contributed by atoms with Gasteiger partial charge in [-0.15, -0.1) is 0 Å². The summed E-state index contributed by atoms with van der Waals surface area (Å²) in [6, 6.07) is 15.5. The number of nitrogens with zero attached hydrogens (tertiary/aromatic N) is 1. The monoisotopic (exact) mass is 364 g/mol. The second-order valence-corrected chi connectivity index (χ2v) is 6.57. The summed E-state index contributed by atoms with van der Waals surface area (Å²) < 4.78 is 29.9. The van der Waals surface area contributed by atoms with Crippen LogP contribution < -0.4 is 5.73 Å². The van der Waals surface area contributed by atoms with Gasteiger partial charge in [0.2, 0.25) is 5.91 Å². The number of amides is 1. The number of benzene rings is 3. The van der Waals surface area contributed by atoms with E-state index in [1.807, 2.05) is 28.8 Å². The van der Waals surface area contributed by atoms with Crippen molar-refractivity contribution in [2.45, 2.75) is 19.9 Å². The van der Waals surface area contributed by atoms with E-state index in [4.69, 9.17) is 5.73 Å². The lowest BCUT2D eigenvalue weighted by Crippen LogP contribution is -2.11. The minimum atomic E-state index is -0.875. The van der Waals surface area contributed by atoms with E-state index in [9.17, 15) is 13.6 Å². The van der Waals surface area contributed by atoms with E-state index >= 15 is 0 Å². The fourth-order valence-corrected chi connectivity index (χ4v) is 3.63. The van der Waals surface area contributed by atoms with Crippen LogP contribution in [0.15, 0.2) is 54.6 Å². The van der Waals surface area contributed by atoms with Crippen LogP contribution in [0.1, 0.15) is 28.4 Å². The van der Waals surface area contributed by atoms with Crippen LogP contribution in [0.5, 0.6) is 0 Å². The van der Waals surface area contributed by atoms with Crippen LogP contribution in [0, 0.1) is 11.6 Å². The van der Waals surface area contributed by atoms with Gasteiger partial charge in [0.05, 0.1) is 12.1 Å². The van der Waals surface area contributed by atoms with E-state index in [-0.39, 0.29) is 12.1 Å². The summed E-state index contributed by atoms with van der Waals surface area (Å²) in [4.78, 5) is 12.0. The van der Waals surface area contributed by atoms with Crippen molar-refractivity contribution in [1.29, 1.82) is 0 Å². The first kappa shape index (κ1) is 17.2. The van der Waals surface area contributed by atoms with Crippen LogP contribution in [0.4, 0.5) is 8.78 Å². The molecule has 0 fully saturated rings. The summed E-state index contributed by atoms with van der Waals surface area (Å²) in [7, 11) is 0. The van der Waals surface area contributed by atoms with E-state index in [0.29, 0.717) is 5.56 Å². The van der Waals surface area contributed by atoms with Gasteiger partial charge in [0.25, 0.3) is 0 Å². The number of aryl methyl sites for hydroxylation is 1. The molecule has 1 amide bonds. The second kappa shape index (κ2) is 6.50. The molecule has 136 valence electrons. The summed E-state index contributed by atoms with van der Waals surface area (Å²) in [5.41, 5.74) is 8.98. The molecule has 0 atom stereocenters. The number of hydrogen-bond acceptors (Lipinski definition) is 1. The van der Waals surface area contributed by atoms with Crippen LogP contribution in [0.2, 0.25) is 0 Å². The normalized spacial score (nSPS) is 11.4. The quantitative estimate of drug-likeness (QED) is 0.556. The van der Waals surface area contributed by atoms with Gasteiger partial charge >= 0.3 is 0 Å². The molecule has 0 aliphatic carbocycles. The van der Waals surface area contributed by atoms with Gasteiger partial charge < -0.3 is 10.3 Å². The average molecular weight is 364 g/mol. The van der Waals surface area contributed by atoms with Crippen LogP contribution in [-0.2, 0) is 13.0 Å². The maximum atomic E-state index is 14.3. The zero-order valence-electron chi connectivity index (χ0n) is 14.8. The highest BCUT2D eigenvalue weighted by Gasteiger charge is 2.18. The third-order valence-electron chi connectivity index (χ3n) is 4.99. The van der Waals surface area contributed by atoms with Gasteiger partial charge in [-0.1, -0.05) is 37.3 Å². The molecule has 0 unspecified atom stereocenters. The Kier molecular flexibility index (Phi) is 4.15. The Balaban J connectivity index is 2.06. The Hall–Kier alpha value is -3.21. The van der Waals surface area contributed by atoms with Crippen molar-refractivity contribution in [3.8, 4) is 0 Å². The zero-order valence-corrected chi connectivity index (χ0v) is 14.8. The predicted octanol–water partition coefficient (Wildman–Crippen LogP) is 4.78. The lowest BCUT2D eigenvalue weighted by Gasteiger charge is -2.10. The van der Waals surface area contributed by atoms with Gasteiger partial charge in [0, 0.05) is 27.4 Å². The zero-order chi connectivity index (χ0) is 19.1. The smallest absolute Gasteiger partial charge is 0.249 e. The number of nitrogens with two attached hydrogens (primary N) is 1. The van der Waals surface area contributed by atoms with Gasteiger partial charge in [-0.2, -0.15) is 0 Å². The highest BCUT2D eigenvalue weighted by Crippen LogP contribution is 2.33. The minimum Gasteiger partial charge on any atom is -0.366 e. The molecule has 1 aromatic heterocycles. The predicted molar refractivity (Wildman–Crippen MR) is 103 cm³/mol. The topological polar surface area (TPSA) is 48.0 Å². The number of aromatic nitrogens is 1. The van der Waals surface area contributed by atoms with Crippen LogP contribution in [-0.4, -0.2) is 10.5 Å². The molecule has 4 aromatic rings. The van der Waals surface area contributed by atoms with E-state index in [1.165, 1.54) is 6.07 Å². The molecular weight excluding hydrogens is 346 g/mol. The molecule has 3 aromatic carbocycles. The molecule has 1 heterocycles. The van der Waals surface area contributed by atoms with Crippen molar-refractivity contribution in [1.82, 2.24) is 4.57 Å². The maximum absolute atomic E-state index is 14.3. The lowest BCUT2D eigenvalue weighted by atomic mass is 10.0. The van der Waals surface area contributed by atoms with Crippen molar-refractivity contribution in [2.75, 3.05) is 0 Å². The number of halogens is 2. The fourth-order valence-electron chi connectivity index (χ4n) is 3.63. The van der Waals surface area contributed by atoms with Crippen LogP contribution in [0.25, 0.3) is 21.8 Å². The molecule has 0 radical (unpaired) electrons. The van der Waals surface area contributed by atoms with Gasteiger partial charge in [0.15, 0.2) is 11.6 Å². The minimum absolute atomic E-state index is 0.152. The van der Waals surface area contributed by atoms with Crippen molar-refractivity contribution >= 4 is 27.7 Å². The molecule has 4 rings (SSSR count). The molecule has 0 aliphatic rings. The number of primary amides is 1. The molecule has 0 saturated heterocycles. The fraction of sp³-hybridized carbons (Fsp3) is 0.136. The molecule has 3 nitrogen and oxygen atoms in total. The number of hydrogen-bond donors (Lipinski definition) is 1. The third kappa shape index (κ3) is 2.76. The van der Waals surface area contributed by atoms with E-state index in [2.05, 4.69) is 6.92 Å². The first-order chi connectivity index (χ1) is 13.0. The summed E-state index contributed by atoms with van der Waals surface area (Å²) in [6.07, 6.45) is 0.842. The van der Waals surface area contributed by atoms with E-state index in [1.54, 1.807) is 18.2 Å². The molecule has 5 heteroatoms. The van der Waals surface area contributed by atoms with Crippen molar-refractivity contribution in [3.05, 3.63) is 82.9 Å². The summed E-state index contributed by atoms with van der Waals surface area (Å²) in [5.74, 6) is -2.25. The van der Waals surface area contributed by atoms with Crippen LogP contribution in [0.3, 0.4) is 0 Å². The molecular formula is C22H18F2N2O. The number of rotatable bonds is 4. The second-order valence-electron chi connectivity index (χ2n) is 6.57. The Morgan fingerprint density at radius 1 is 1.04 bits per heavy atom. The summed E-state index contributed by atoms with van der Waals surface area (Å²) in [5, 5.41) is 1.60. The van der Waals surface area contributed by atoms with Crippen molar-refractivity contribution in [3.63, 3.8) is 0 Å². The third-order valence-corrected chi connectivity index (χ3v) is 4.99. The van der Waals surface area contributed by atoms with E-state index in [0.717, 1.165) is 39.9 Å². The first-order valence-corrected chi connectivity index (χ1v) is 8.77. The Morgan fingerprint density at radius 3 is 2.56 bits per heavy atom. The Labute approximate surface area is 155 Å². The highest BCUT2D eigenvalue weighted by molar-refractivity contribution is 6.17. The van der Waals surface area contributed by atoms with Gasteiger partial charge in [0.1, 0.15) is 0 Å². The van der Waals surface area contributed by atoms with Gasteiger partial charge in [-0.05, 0) is 36.2 Å². The van der Waals surface area contributed by atoms with E-state index < -0.39 is 17.5 Å². The standard InChI is InChI=1S/C22H18F2N2O/c1-2-13-9-10-15-19(11-13)26(12-14-5-3-7-17(23)21(14)24)18-8-4-6-16(20(15)18)22(25)27/h3-11H,2,12H2,1H3,(H2,25,27). The Bertz CT molecular complexity index is 1190. The van der Waals surface area contributed by atoms with Crippen molar-refractivity contribution < 1.29 is 13.6 Å². The molecule has 0 saturated carbocycles. The Morgan fingerprint density at radius 2 is 1.81 bits per heavy atom. The summed E-state index contributed by atoms with van der Waals surface area (Å²) >= 11 is 0. The van der Waals surface area contributed by atoms with Crippen molar-refractivity contribution in [2.24, 2.45) is 5.73 Å². The molecule has 0 aliphatic heterocycles. The number of carbonyl (C=O) groups is 1. The highest BCUT2D eigenvalue weighted by atomic mass is 19.2. The molecule has 0 bridgehead atoms. The van der Waals surface area contributed by atoms with Gasteiger partial charge in [-0.25, -0.2) is 8.78 Å². The number of fused-ring (bicyclic) bond motifs is 3. The number of carbonyl (C=O) groups excluding carboxylic acids is 1. The summed E-state index contributed by atoms with van der Waals surface area (Å²) in [6.45, 7) is 2.20. The largest absolute Gasteiger partial charge is 0.366 e. The van der Waals surface area contributed by atoms with Gasteiger partial charge in [-0.3, -0.25) is 4.79 Å². The molecule has 2 N–H and O–H groups in total. The first-order valence-electron chi connectivity index (χ1n) is 8.77. The average Bonchev–Trinajstić information content (AvgIpc) is 2.98. The lowest BCUT2D eigenvalue weighted by molar-refractivity contribution is 0.100.